The highest BCUT2D eigenvalue weighted by Crippen LogP contribution is 2.47. The Morgan fingerprint density at radius 3 is 2.56 bits per heavy atom. The van der Waals surface area contributed by atoms with E-state index in [1.165, 1.54) is 19.0 Å². The van der Waals surface area contributed by atoms with Crippen molar-refractivity contribution in [1.82, 2.24) is 19.9 Å². The average molecular weight is 589 g/mol. The lowest BCUT2D eigenvalue weighted by molar-refractivity contribution is 0.0378. The number of aromatic nitrogens is 3. The van der Waals surface area contributed by atoms with Crippen LogP contribution in [0, 0.1) is 0 Å². The van der Waals surface area contributed by atoms with Gasteiger partial charge < -0.3 is 35.2 Å². The number of carbonyl (C=O) groups excluding carboxylic acids is 1. The quantitative estimate of drug-likeness (QED) is 0.230. The molecule has 0 saturated heterocycles. The molecule has 1 aromatic carbocycles. The standard InChI is InChI=1S/C32H44N8O3/c1-19(2)43-30(41)21-17-34-31(36-24-15-22(33)26(16-27(24)42-8)39(7)14-13-38(5)6)37-29(21)40-18-32(3,4)28-25(40)12-11-23(35-28)20-9-10-20/h11-12,15-17,19-20H,9-10,13-14,18,33H2,1-8H3,(H,34,36,37). The molecule has 43 heavy (non-hydrogen) atoms. The van der Waals surface area contributed by atoms with E-state index in [1.54, 1.807) is 7.11 Å². The zero-order chi connectivity index (χ0) is 31.1. The Kier molecular flexibility index (Phi) is 8.38. The van der Waals surface area contributed by atoms with E-state index in [2.05, 4.69) is 51.0 Å². The maximum absolute atomic E-state index is 13.3. The second-order valence-electron chi connectivity index (χ2n) is 12.7. The van der Waals surface area contributed by atoms with Crippen molar-refractivity contribution in [3.63, 3.8) is 0 Å². The van der Waals surface area contributed by atoms with Crippen molar-refractivity contribution in [1.29, 1.82) is 0 Å². The molecule has 3 heterocycles. The molecule has 0 radical (unpaired) electrons. The van der Waals surface area contributed by atoms with Crippen LogP contribution >= 0.6 is 0 Å². The predicted molar refractivity (Wildman–Crippen MR) is 171 cm³/mol. The lowest BCUT2D eigenvalue weighted by atomic mass is 9.91. The fourth-order valence-corrected chi connectivity index (χ4v) is 5.37. The summed E-state index contributed by atoms with van der Waals surface area (Å²) in [4.78, 5) is 34.0. The van der Waals surface area contributed by atoms with Crippen LogP contribution in [0.2, 0.25) is 0 Å². The number of ether oxygens (including phenoxy) is 2. The summed E-state index contributed by atoms with van der Waals surface area (Å²) in [7, 11) is 7.70. The summed E-state index contributed by atoms with van der Waals surface area (Å²) in [5, 5.41) is 3.28. The highest BCUT2D eigenvalue weighted by Gasteiger charge is 2.41. The van der Waals surface area contributed by atoms with Crippen LogP contribution in [0.5, 0.6) is 5.75 Å². The summed E-state index contributed by atoms with van der Waals surface area (Å²) in [6.07, 6.45) is 3.60. The van der Waals surface area contributed by atoms with Gasteiger partial charge in [0.05, 0.1) is 41.7 Å². The van der Waals surface area contributed by atoms with Crippen LogP contribution in [0.1, 0.15) is 68.2 Å². The summed E-state index contributed by atoms with van der Waals surface area (Å²) >= 11 is 0. The van der Waals surface area contributed by atoms with Crippen LogP contribution in [-0.2, 0) is 10.2 Å². The molecule has 1 aliphatic heterocycles. The van der Waals surface area contributed by atoms with Crippen molar-refractivity contribution in [2.75, 3.05) is 68.7 Å². The van der Waals surface area contributed by atoms with E-state index in [4.69, 9.17) is 25.2 Å². The summed E-state index contributed by atoms with van der Waals surface area (Å²) in [5.41, 5.74) is 11.7. The first kappa shape index (κ1) is 30.3. The van der Waals surface area contributed by atoms with Crippen LogP contribution in [0.25, 0.3) is 0 Å². The number of esters is 1. The molecule has 2 aliphatic rings. The van der Waals surface area contributed by atoms with Gasteiger partial charge in [0, 0.05) is 56.0 Å². The van der Waals surface area contributed by atoms with Crippen molar-refractivity contribution < 1.29 is 14.3 Å². The van der Waals surface area contributed by atoms with Crippen LogP contribution < -0.4 is 25.6 Å². The summed E-state index contributed by atoms with van der Waals surface area (Å²) < 4.78 is 11.3. The Morgan fingerprint density at radius 2 is 1.91 bits per heavy atom. The lowest BCUT2D eigenvalue weighted by Gasteiger charge is -2.25. The third-order valence-electron chi connectivity index (χ3n) is 7.85. The third-order valence-corrected chi connectivity index (χ3v) is 7.85. The number of methoxy groups -OCH3 is 1. The van der Waals surface area contributed by atoms with E-state index in [1.807, 2.05) is 47.1 Å². The number of hydrogen-bond donors (Lipinski definition) is 2. The number of nitrogens with one attached hydrogen (secondary N) is 1. The van der Waals surface area contributed by atoms with Gasteiger partial charge in [-0.3, -0.25) is 4.98 Å². The second-order valence-corrected chi connectivity index (χ2v) is 12.7. The number of nitrogens with two attached hydrogens (primary N) is 1. The number of pyridine rings is 1. The Bertz CT molecular complexity index is 1500. The topological polar surface area (TPSA) is 122 Å². The fraction of sp³-hybridized carbons (Fsp3) is 0.500. The Hall–Kier alpha value is -4.12. The Morgan fingerprint density at radius 1 is 1.16 bits per heavy atom. The molecule has 0 unspecified atom stereocenters. The van der Waals surface area contributed by atoms with Crippen LogP contribution in [0.15, 0.2) is 30.5 Å². The molecule has 3 N–H and O–H groups in total. The molecule has 0 bridgehead atoms. The number of likely N-dealkylation sites (N-methyl/N-ethyl adjacent to an activating group) is 2. The van der Waals surface area contributed by atoms with E-state index >= 15 is 0 Å². The van der Waals surface area contributed by atoms with Gasteiger partial charge in [0.1, 0.15) is 11.3 Å². The minimum Gasteiger partial charge on any atom is -0.494 e. The van der Waals surface area contributed by atoms with Gasteiger partial charge in [0.2, 0.25) is 5.95 Å². The van der Waals surface area contributed by atoms with Gasteiger partial charge in [-0.2, -0.15) is 4.98 Å². The van der Waals surface area contributed by atoms with Crippen molar-refractivity contribution in [3.05, 3.63) is 47.4 Å². The molecular weight excluding hydrogens is 544 g/mol. The third kappa shape index (κ3) is 6.46. The monoisotopic (exact) mass is 588 g/mol. The molecule has 2 aromatic heterocycles. The molecular formula is C32H44N8O3. The number of carbonyl (C=O) groups is 1. The Balaban J connectivity index is 1.52. The van der Waals surface area contributed by atoms with E-state index in [0.717, 1.165) is 35.9 Å². The number of nitrogens with zero attached hydrogens (tertiary/aromatic N) is 6. The molecule has 230 valence electrons. The molecule has 0 atom stereocenters. The zero-order valence-electron chi connectivity index (χ0n) is 26.6. The number of anilines is 6. The number of rotatable bonds is 11. The zero-order valence-corrected chi connectivity index (χ0v) is 26.6. The lowest BCUT2D eigenvalue weighted by Crippen LogP contribution is -2.29. The van der Waals surface area contributed by atoms with Gasteiger partial charge in [-0.1, -0.05) is 13.8 Å². The molecule has 1 aliphatic carbocycles. The van der Waals surface area contributed by atoms with Gasteiger partial charge in [-0.25, -0.2) is 9.78 Å². The van der Waals surface area contributed by atoms with Crippen LogP contribution in [-0.4, -0.2) is 79.8 Å². The second kappa shape index (κ2) is 11.9. The largest absolute Gasteiger partial charge is 0.494 e. The molecule has 11 heteroatoms. The molecule has 11 nitrogen and oxygen atoms in total. The van der Waals surface area contributed by atoms with Crippen molar-refractivity contribution in [2.45, 2.75) is 58.0 Å². The first-order valence-corrected chi connectivity index (χ1v) is 14.8. The number of benzene rings is 1. The molecule has 5 rings (SSSR count). The van der Waals surface area contributed by atoms with Crippen LogP contribution in [0.4, 0.5) is 34.5 Å². The van der Waals surface area contributed by atoms with Crippen molar-refractivity contribution >= 4 is 40.5 Å². The highest BCUT2D eigenvalue weighted by molar-refractivity contribution is 5.96. The minimum absolute atomic E-state index is 0.246. The summed E-state index contributed by atoms with van der Waals surface area (Å²) in [5.74, 6) is 1.43. The smallest absolute Gasteiger partial charge is 0.343 e. The summed E-state index contributed by atoms with van der Waals surface area (Å²) in [6.45, 7) is 10.3. The fourth-order valence-electron chi connectivity index (χ4n) is 5.37. The molecule has 3 aromatic rings. The van der Waals surface area contributed by atoms with E-state index in [9.17, 15) is 4.79 Å². The minimum atomic E-state index is -0.475. The average Bonchev–Trinajstić information content (AvgIpc) is 3.76. The van der Waals surface area contributed by atoms with E-state index in [0.29, 0.717) is 46.9 Å². The normalized spacial score (nSPS) is 15.5. The Labute approximate surface area is 254 Å². The maximum Gasteiger partial charge on any atom is 0.343 e. The van der Waals surface area contributed by atoms with Crippen LogP contribution in [0.3, 0.4) is 0 Å². The van der Waals surface area contributed by atoms with Gasteiger partial charge in [0.25, 0.3) is 0 Å². The predicted octanol–water partition coefficient (Wildman–Crippen LogP) is 5.08. The van der Waals surface area contributed by atoms with Crippen molar-refractivity contribution in [3.8, 4) is 5.75 Å². The number of nitrogen functional groups attached to an aromatic ring is 1. The molecule has 0 amide bonds. The summed E-state index contributed by atoms with van der Waals surface area (Å²) in [6, 6.07) is 7.93. The number of hydrogen-bond acceptors (Lipinski definition) is 11. The van der Waals surface area contributed by atoms with Gasteiger partial charge in [-0.05, 0) is 59.0 Å². The first-order chi connectivity index (χ1) is 20.4. The van der Waals surface area contributed by atoms with Crippen molar-refractivity contribution in [2.24, 2.45) is 0 Å². The number of fused-ring (bicyclic) bond motifs is 1. The molecule has 1 saturated carbocycles. The van der Waals surface area contributed by atoms with Gasteiger partial charge in [-0.15, -0.1) is 0 Å². The van der Waals surface area contributed by atoms with Gasteiger partial charge >= 0.3 is 5.97 Å². The van der Waals surface area contributed by atoms with E-state index in [-0.39, 0.29) is 11.5 Å². The highest BCUT2D eigenvalue weighted by atomic mass is 16.5. The van der Waals surface area contributed by atoms with Gasteiger partial charge in [0.15, 0.2) is 5.82 Å². The maximum atomic E-state index is 13.3. The molecule has 0 spiro atoms. The first-order valence-electron chi connectivity index (χ1n) is 14.8. The van der Waals surface area contributed by atoms with E-state index < -0.39 is 5.97 Å². The SMILES string of the molecule is COc1cc(N(C)CCN(C)C)c(N)cc1Nc1ncc(C(=O)OC(C)C)c(N2CC(C)(C)c3nc(C4CC4)ccc32)n1. The molecule has 1 fully saturated rings.